The van der Waals surface area contributed by atoms with Gasteiger partial charge >= 0.3 is 5.97 Å². The molecule has 1 rings (SSSR count). The topological polar surface area (TPSA) is 74.5 Å². The lowest BCUT2D eigenvalue weighted by atomic mass is 10.3. The second-order valence-electron chi connectivity index (χ2n) is 3.03. The number of benzene rings is 1. The Labute approximate surface area is 114 Å². The van der Waals surface area contributed by atoms with Crippen molar-refractivity contribution in [1.29, 1.82) is 5.26 Å². The number of carbonyl (C=O) groups is 1. The summed E-state index contributed by atoms with van der Waals surface area (Å²) in [5.41, 5.74) is 2.65. The number of hydrazone groups is 1. The SMILES string of the molecule is CCOC(=O)/C(C#N)=N/Nc1ccc(Cl)c(Cl)c1. The molecular formula is C11H9Cl2N3O2. The van der Waals surface area contributed by atoms with Crippen LogP contribution < -0.4 is 5.43 Å². The number of halogens is 2. The van der Waals surface area contributed by atoms with Gasteiger partial charge in [0.1, 0.15) is 6.07 Å². The minimum Gasteiger partial charge on any atom is -0.461 e. The van der Waals surface area contributed by atoms with Crippen LogP contribution in [0.15, 0.2) is 23.3 Å². The average Bonchev–Trinajstić information content (AvgIpc) is 2.34. The van der Waals surface area contributed by atoms with Gasteiger partial charge in [-0.1, -0.05) is 23.2 Å². The highest BCUT2D eigenvalue weighted by molar-refractivity contribution is 6.43. The number of hydrogen-bond donors (Lipinski definition) is 1. The molecule has 1 aromatic rings. The molecule has 18 heavy (non-hydrogen) atoms. The molecule has 0 unspecified atom stereocenters. The number of hydrogen-bond acceptors (Lipinski definition) is 5. The van der Waals surface area contributed by atoms with Gasteiger partial charge in [-0.15, -0.1) is 0 Å². The van der Waals surface area contributed by atoms with Crippen molar-refractivity contribution in [2.24, 2.45) is 5.10 Å². The second-order valence-corrected chi connectivity index (χ2v) is 3.85. The molecule has 0 saturated heterocycles. The number of rotatable bonds is 4. The fourth-order valence-electron chi connectivity index (χ4n) is 1.00. The first-order valence-corrected chi connectivity index (χ1v) is 5.70. The molecule has 0 aliphatic rings. The smallest absolute Gasteiger partial charge is 0.369 e. The molecule has 0 spiro atoms. The van der Waals surface area contributed by atoms with Gasteiger partial charge < -0.3 is 4.74 Å². The summed E-state index contributed by atoms with van der Waals surface area (Å²) >= 11 is 11.5. The van der Waals surface area contributed by atoms with E-state index in [-0.39, 0.29) is 12.3 Å². The van der Waals surface area contributed by atoms with E-state index >= 15 is 0 Å². The predicted molar refractivity (Wildman–Crippen MR) is 69.8 cm³/mol. The van der Waals surface area contributed by atoms with Crippen molar-refractivity contribution in [1.82, 2.24) is 0 Å². The maximum atomic E-state index is 11.3. The third kappa shape index (κ3) is 3.91. The highest BCUT2D eigenvalue weighted by Crippen LogP contribution is 2.24. The Kier molecular flexibility index (Phi) is 5.43. The second kappa shape index (κ2) is 6.84. The molecule has 0 heterocycles. The van der Waals surface area contributed by atoms with E-state index in [0.717, 1.165) is 0 Å². The van der Waals surface area contributed by atoms with Crippen LogP contribution in [0.4, 0.5) is 5.69 Å². The van der Waals surface area contributed by atoms with E-state index < -0.39 is 5.97 Å². The summed E-state index contributed by atoms with van der Waals surface area (Å²) in [5.74, 6) is -0.785. The lowest BCUT2D eigenvalue weighted by molar-refractivity contribution is -0.134. The van der Waals surface area contributed by atoms with Gasteiger partial charge in [0.25, 0.3) is 0 Å². The van der Waals surface area contributed by atoms with Gasteiger partial charge in [-0.25, -0.2) is 4.79 Å². The minimum absolute atomic E-state index is 0.173. The van der Waals surface area contributed by atoms with Crippen LogP contribution in [0.3, 0.4) is 0 Å². The molecule has 7 heteroatoms. The van der Waals surface area contributed by atoms with E-state index in [1.54, 1.807) is 25.1 Å². The van der Waals surface area contributed by atoms with Crippen LogP contribution in [0.2, 0.25) is 10.0 Å². The summed E-state index contributed by atoms with van der Waals surface area (Å²) in [6.45, 7) is 1.81. The fourth-order valence-corrected chi connectivity index (χ4v) is 1.30. The Morgan fingerprint density at radius 2 is 2.22 bits per heavy atom. The van der Waals surface area contributed by atoms with E-state index in [2.05, 4.69) is 15.3 Å². The maximum Gasteiger partial charge on any atom is 0.369 e. The van der Waals surface area contributed by atoms with Gasteiger partial charge in [-0.05, 0) is 25.1 Å². The molecule has 0 saturated carbocycles. The van der Waals surface area contributed by atoms with Crippen LogP contribution in [0.5, 0.6) is 0 Å². The lowest BCUT2D eigenvalue weighted by Crippen LogP contribution is -2.17. The zero-order valence-electron chi connectivity index (χ0n) is 9.41. The molecule has 1 N–H and O–H groups in total. The third-order valence-corrected chi connectivity index (χ3v) is 2.53. The molecular weight excluding hydrogens is 277 g/mol. The van der Waals surface area contributed by atoms with Crippen LogP contribution >= 0.6 is 23.2 Å². The number of ether oxygens (including phenoxy) is 1. The number of esters is 1. The standard InChI is InChI=1S/C11H9Cl2N3O2/c1-2-18-11(17)10(6-14)16-15-7-3-4-8(12)9(13)5-7/h3-5,15H,2H2,1H3/b16-10+. The average molecular weight is 286 g/mol. The highest BCUT2D eigenvalue weighted by Gasteiger charge is 2.11. The Balaban J connectivity index is 2.80. The summed E-state index contributed by atoms with van der Waals surface area (Å²) in [6, 6.07) is 6.33. The zero-order valence-corrected chi connectivity index (χ0v) is 10.9. The zero-order chi connectivity index (χ0) is 13.5. The quantitative estimate of drug-likeness (QED) is 0.524. The maximum absolute atomic E-state index is 11.3. The van der Waals surface area contributed by atoms with Gasteiger partial charge in [0.05, 0.1) is 22.3 Å². The fraction of sp³-hybridized carbons (Fsp3) is 0.182. The first-order valence-electron chi connectivity index (χ1n) is 4.94. The van der Waals surface area contributed by atoms with E-state index in [1.807, 2.05) is 0 Å². The lowest BCUT2D eigenvalue weighted by Gasteiger charge is -2.03. The number of anilines is 1. The van der Waals surface area contributed by atoms with Crippen LogP contribution in [-0.2, 0) is 9.53 Å². The first-order chi connectivity index (χ1) is 8.58. The molecule has 0 aromatic heterocycles. The molecule has 0 aliphatic carbocycles. The van der Waals surface area contributed by atoms with Gasteiger partial charge in [-0.2, -0.15) is 10.4 Å². The van der Waals surface area contributed by atoms with Crippen molar-refractivity contribution in [3.63, 3.8) is 0 Å². The Bertz CT molecular complexity index is 524. The van der Waals surface area contributed by atoms with E-state index in [9.17, 15) is 4.79 Å². The first kappa shape index (κ1) is 14.3. The Hall–Kier alpha value is -1.77. The predicted octanol–water partition coefficient (Wildman–Crippen LogP) is 2.85. The van der Waals surface area contributed by atoms with Gasteiger partial charge in [0.2, 0.25) is 5.71 Å². The molecule has 0 atom stereocenters. The van der Waals surface area contributed by atoms with Crippen LogP contribution in [-0.4, -0.2) is 18.3 Å². The number of nitriles is 1. The molecule has 0 radical (unpaired) electrons. The summed E-state index contributed by atoms with van der Waals surface area (Å²) in [7, 11) is 0. The Morgan fingerprint density at radius 1 is 1.50 bits per heavy atom. The molecule has 0 aliphatic heterocycles. The van der Waals surface area contributed by atoms with Crippen LogP contribution in [0.1, 0.15) is 6.92 Å². The van der Waals surface area contributed by atoms with E-state index in [1.165, 1.54) is 6.07 Å². The molecule has 1 aromatic carbocycles. The molecule has 5 nitrogen and oxygen atoms in total. The van der Waals surface area contributed by atoms with E-state index in [0.29, 0.717) is 15.7 Å². The van der Waals surface area contributed by atoms with Crippen molar-refractivity contribution in [2.75, 3.05) is 12.0 Å². The summed E-state index contributed by atoms with van der Waals surface area (Å²) in [5, 5.41) is 13.1. The summed E-state index contributed by atoms with van der Waals surface area (Å²) < 4.78 is 4.65. The molecule has 0 fully saturated rings. The van der Waals surface area contributed by atoms with Crippen molar-refractivity contribution in [3.05, 3.63) is 28.2 Å². The summed E-state index contributed by atoms with van der Waals surface area (Å²) in [4.78, 5) is 11.3. The normalized spacial score (nSPS) is 10.7. The largest absolute Gasteiger partial charge is 0.461 e. The molecule has 94 valence electrons. The minimum atomic E-state index is -0.785. The van der Waals surface area contributed by atoms with Gasteiger partial charge in [0, 0.05) is 0 Å². The van der Waals surface area contributed by atoms with Crippen LogP contribution in [0, 0.1) is 11.3 Å². The van der Waals surface area contributed by atoms with Gasteiger partial charge in [0.15, 0.2) is 0 Å². The van der Waals surface area contributed by atoms with Crippen molar-refractivity contribution in [2.45, 2.75) is 6.92 Å². The summed E-state index contributed by atoms with van der Waals surface area (Å²) in [6.07, 6.45) is 0. The highest BCUT2D eigenvalue weighted by atomic mass is 35.5. The molecule has 0 amide bonds. The van der Waals surface area contributed by atoms with Crippen molar-refractivity contribution < 1.29 is 9.53 Å². The number of nitrogens with zero attached hydrogens (tertiary/aromatic N) is 2. The van der Waals surface area contributed by atoms with E-state index in [4.69, 9.17) is 28.5 Å². The number of carbonyl (C=O) groups excluding carboxylic acids is 1. The molecule has 0 bridgehead atoms. The monoisotopic (exact) mass is 285 g/mol. The van der Waals surface area contributed by atoms with Crippen molar-refractivity contribution >= 4 is 40.6 Å². The van der Waals surface area contributed by atoms with Crippen molar-refractivity contribution in [3.8, 4) is 6.07 Å². The van der Waals surface area contributed by atoms with Gasteiger partial charge in [-0.3, -0.25) is 5.43 Å². The third-order valence-electron chi connectivity index (χ3n) is 1.79. The van der Waals surface area contributed by atoms with Crippen LogP contribution in [0.25, 0.3) is 0 Å². The Morgan fingerprint density at radius 3 is 2.78 bits per heavy atom. The number of nitrogens with one attached hydrogen (secondary N) is 1.